The monoisotopic (exact) mass is 253 g/mol. The lowest BCUT2D eigenvalue weighted by Gasteiger charge is -1.95. The zero-order chi connectivity index (χ0) is 13.4. The zero-order valence-electron chi connectivity index (χ0n) is 9.96. The summed E-state index contributed by atoms with van der Waals surface area (Å²) in [5.74, 6) is -0.0755. The average molecular weight is 253 g/mol. The Labute approximate surface area is 109 Å². The number of hydrogen-bond donors (Lipinski definition) is 2. The number of fused-ring (bicyclic) bond motifs is 1. The van der Waals surface area contributed by atoms with Crippen LogP contribution in [0.1, 0.15) is 10.4 Å². The van der Waals surface area contributed by atoms with E-state index < -0.39 is 5.91 Å². The van der Waals surface area contributed by atoms with Crippen LogP contribution in [0.3, 0.4) is 0 Å². The van der Waals surface area contributed by atoms with Crippen LogP contribution >= 0.6 is 0 Å². The third-order valence-corrected chi connectivity index (χ3v) is 2.98. The van der Waals surface area contributed by atoms with Crippen molar-refractivity contribution in [1.82, 2.24) is 0 Å². The molecule has 0 aliphatic heterocycles. The highest BCUT2D eigenvalue weighted by molar-refractivity contribution is 5.99. The summed E-state index contributed by atoms with van der Waals surface area (Å²) in [5, 5.41) is 10.7. The molecule has 4 heteroatoms. The predicted molar refractivity (Wildman–Crippen MR) is 71.8 cm³/mol. The van der Waals surface area contributed by atoms with Crippen molar-refractivity contribution in [3.8, 4) is 17.1 Å². The van der Waals surface area contributed by atoms with Gasteiger partial charge in [0, 0.05) is 11.1 Å². The SMILES string of the molecule is NC(=O)c1ccc2c(O)c(-c3ccccc3)oc2c1. The summed E-state index contributed by atoms with van der Waals surface area (Å²) in [6.07, 6.45) is 0. The van der Waals surface area contributed by atoms with E-state index >= 15 is 0 Å². The molecule has 0 aliphatic rings. The Balaban J connectivity index is 2.23. The Morgan fingerprint density at radius 3 is 2.53 bits per heavy atom. The number of aromatic hydroxyl groups is 1. The molecule has 2 aromatic carbocycles. The molecule has 0 saturated carbocycles. The fourth-order valence-corrected chi connectivity index (χ4v) is 2.02. The molecule has 1 amide bonds. The molecule has 0 bridgehead atoms. The number of furan rings is 1. The van der Waals surface area contributed by atoms with E-state index in [4.69, 9.17) is 10.2 Å². The number of carbonyl (C=O) groups excluding carboxylic acids is 1. The van der Waals surface area contributed by atoms with Gasteiger partial charge in [-0.2, -0.15) is 0 Å². The van der Waals surface area contributed by atoms with Crippen molar-refractivity contribution in [3.05, 3.63) is 54.1 Å². The van der Waals surface area contributed by atoms with E-state index in [2.05, 4.69) is 0 Å². The molecule has 0 spiro atoms. The Kier molecular flexibility index (Phi) is 2.49. The summed E-state index contributed by atoms with van der Waals surface area (Å²) >= 11 is 0. The van der Waals surface area contributed by atoms with Gasteiger partial charge >= 0.3 is 0 Å². The van der Waals surface area contributed by atoms with Crippen molar-refractivity contribution in [1.29, 1.82) is 0 Å². The summed E-state index contributed by atoms with van der Waals surface area (Å²) < 4.78 is 5.62. The molecule has 0 radical (unpaired) electrons. The molecule has 1 heterocycles. The van der Waals surface area contributed by atoms with Gasteiger partial charge in [0.25, 0.3) is 0 Å². The minimum Gasteiger partial charge on any atom is -0.504 e. The molecule has 94 valence electrons. The molecule has 0 unspecified atom stereocenters. The first-order valence-electron chi connectivity index (χ1n) is 5.77. The van der Waals surface area contributed by atoms with E-state index in [0.29, 0.717) is 22.3 Å². The predicted octanol–water partition coefficient (Wildman–Crippen LogP) is 2.90. The molecular weight excluding hydrogens is 242 g/mol. The average Bonchev–Trinajstić information content (AvgIpc) is 2.76. The minimum absolute atomic E-state index is 0.0669. The van der Waals surface area contributed by atoms with Crippen LogP contribution < -0.4 is 5.73 Å². The summed E-state index contributed by atoms with van der Waals surface area (Å²) in [4.78, 5) is 11.1. The molecule has 19 heavy (non-hydrogen) atoms. The molecule has 3 rings (SSSR count). The van der Waals surface area contributed by atoms with Crippen LogP contribution in [0.4, 0.5) is 0 Å². The third kappa shape index (κ3) is 1.83. The second-order valence-electron chi connectivity index (χ2n) is 4.22. The maximum Gasteiger partial charge on any atom is 0.248 e. The third-order valence-electron chi connectivity index (χ3n) is 2.98. The highest BCUT2D eigenvalue weighted by atomic mass is 16.4. The quantitative estimate of drug-likeness (QED) is 0.737. The van der Waals surface area contributed by atoms with Crippen LogP contribution in [0, 0.1) is 0 Å². The van der Waals surface area contributed by atoms with Gasteiger partial charge in [-0.15, -0.1) is 0 Å². The smallest absolute Gasteiger partial charge is 0.248 e. The van der Waals surface area contributed by atoms with Crippen LogP contribution in [0.15, 0.2) is 52.9 Å². The van der Waals surface area contributed by atoms with Crippen LogP contribution in [0.2, 0.25) is 0 Å². The van der Waals surface area contributed by atoms with Crippen molar-refractivity contribution in [3.63, 3.8) is 0 Å². The van der Waals surface area contributed by atoms with Gasteiger partial charge in [0.05, 0.1) is 5.39 Å². The topological polar surface area (TPSA) is 76.5 Å². The Bertz CT molecular complexity index is 760. The van der Waals surface area contributed by atoms with Crippen molar-refractivity contribution >= 4 is 16.9 Å². The summed E-state index contributed by atoms with van der Waals surface area (Å²) in [5.41, 5.74) is 6.78. The lowest BCUT2D eigenvalue weighted by molar-refractivity contribution is 0.100. The Hall–Kier alpha value is -2.75. The van der Waals surface area contributed by atoms with Gasteiger partial charge in [0.2, 0.25) is 5.91 Å². The first-order chi connectivity index (χ1) is 9.16. The number of benzene rings is 2. The number of rotatable bonds is 2. The highest BCUT2D eigenvalue weighted by Gasteiger charge is 2.15. The van der Waals surface area contributed by atoms with Crippen molar-refractivity contribution in [2.45, 2.75) is 0 Å². The lowest BCUT2D eigenvalue weighted by atomic mass is 10.1. The van der Waals surface area contributed by atoms with Gasteiger partial charge in [0.1, 0.15) is 5.58 Å². The fourth-order valence-electron chi connectivity index (χ4n) is 2.02. The van der Waals surface area contributed by atoms with Crippen LogP contribution in [0.5, 0.6) is 5.75 Å². The van der Waals surface area contributed by atoms with Crippen molar-refractivity contribution in [2.75, 3.05) is 0 Å². The van der Waals surface area contributed by atoms with Gasteiger partial charge in [-0.3, -0.25) is 4.79 Å². The Morgan fingerprint density at radius 2 is 1.84 bits per heavy atom. The van der Waals surface area contributed by atoms with Crippen molar-refractivity contribution < 1.29 is 14.3 Å². The van der Waals surface area contributed by atoms with Crippen molar-refractivity contribution in [2.24, 2.45) is 5.73 Å². The van der Waals surface area contributed by atoms with E-state index in [0.717, 1.165) is 5.56 Å². The second-order valence-corrected chi connectivity index (χ2v) is 4.22. The van der Waals surface area contributed by atoms with Gasteiger partial charge in [-0.25, -0.2) is 0 Å². The summed E-state index contributed by atoms with van der Waals surface area (Å²) in [6, 6.07) is 14.0. The maximum absolute atomic E-state index is 11.1. The first kappa shape index (κ1) is 11.3. The summed E-state index contributed by atoms with van der Waals surface area (Å²) in [7, 11) is 0. The van der Waals surface area contributed by atoms with Crippen LogP contribution in [0.25, 0.3) is 22.3 Å². The molecule has 1 aromatic heterocycles. The highest BCUT2D eigenvalue weighted by Crippen LogP contribution is 2.39. The van der Waals surface area contributed by atoms with Gasteiger partial charge in [0.15, 0.2) is 11.5 Å². The molecular formula is C15H11NO3. The van der Waals surface area contributed by atoms with Gasteiger partial charge in [-0.05, 0) is 18.2 Å². The second kappa shape index (κ2) is 4.17. The number of nitrogens with two attached hydrogens (primary N) is 1. The molecule has 0 fully saturated rings. The van der Waals surface area contributed by atoms with E-state index in [1.807, 2.05) is 30.3 Å². The van der Waals surface area contributed by atoms with Crippen LogP contribution in [-0.2, 0) is 0 Å². The number of primary amides is 1. The molecule has 0 aliphatic carbocycles. The first-order valence-corrected chi connectivity index (χ1v) is 5.77. The van der Waals surface area contributed by atoms with E-state index in [9.17, 15) is 9.90 Å². The number of amides is 1. The molecule has 3 aromatic rings. The standard InChI is InChI=1S/C15H11NO3/c16-15(18)10-6-7-11-12(8-10)19-14(13(11)17)9-4-2-1-3-5-9/h1-8,17H,(H2,16,18). The molecule has 3 N–H and O–H groups in total. The van der Waals surface area contributed by atoms with E-state index in [-0.39, 0.29) is 5.75 Å². The lowest BCUT2D eigenvalue weighted by Crippen LogP contribution is -2.10. The number of carbonyl (C=O) groups is 1. The van der Waals surface area contributed by atoms with E-state index in [1.54, 1.807) is 12.1 Å². The van der Waals surface area contributed by atoms with Gasteiger partial charge < -0.3 is 15.3 Å². The number of hydrogen-bond acceptors (Lipinski definition) is 3. The summed E-state index contributed by atoms with van der Waals surface area (Å²) in [6.45, 7) is 0. The van der Waals surface area contributed by atoms with Gasteiger partial charge in [-0.1, -0.05) is 30.3 Å². The fraction of sp³-hybridized carbons (Fsp3) is 0. The molecule has 0 saturated heterocycles. The van der Waals surface area contributed by atoms with Crippen LogP contribution in [-0.4, -0.2) is 11.0 Å². The largest absolute Gasteiger partial charge is 0.504 e. The van der Waals surface area contributed by atoms with E-state index in [1.165, 1.54) is 6.07 Å². The normalized spacial score (nSPS) is 10.7. The molecule has 4 nitrogen and oxygen atoms in total. The molecule has 0 atom stereocenters. The Morgan fingerprint density at radius 1 is 1.11 bits per heavy atom. The maximum atomic E-state index is 11.1. The zero-order valence-corrected chi connectivity index (χ0v) is 9.96. The minimum atomic E-state index is -0.529.